The molecule has 2 atom stereocenters. The molecule has 0 amide bonds. The molecule has 0 N–H and O–H groups in total. The third kappa shape index (κ3) is 19.3. The number of hydrogen-bond acceptors (Lipinski definition) is 4. The summed E-state index contributed by atoms with van der Waals surface area (Å²) in [5.41, 5.74) is 0. The first-order chi connectivity index (χ1) is 12.7. The minimum atomic E-state index is -1.33. The quantitative estimate of drug-likeness (QED) is 0.147. The van der Waals surface area contributed by atoms with Crippen molar-refractivity contribution in [1.82, 2.24) is 0 Å². The molecule has 0 bridgehead atoms. The van der Waals surface area contributed by atoms with Gasteiger partial charge in [-0.2, -0.15) is 0 Å². The van der Waals surface area contributed by atoms with E-state index < -0.39 is 7.73 Å². The molecule has 0 saturated carbocycles. The maximum atomic E-state index is 5.95. The van der Waals surface area contributed by atoms with Crippen molar-refractivity contribution in [2.24, 2.45) is 0 Å². The Morgan fingerprint density at radius 3 is 1.85 bits per heavy atom. The fourth-order valence-electron chi connectivity index (χ4n) is 2.67. The Morgan fingerprint density at radius 2 is 1.27 bits per heavy atom. The Morgan fingerprint density at radius 1 is 0.731 bits per heavy atom. The summed E-state index contributed by atoms with van der Waals surface area (Å²) in [5.74, 6) is 0. The molecule has 0 aromatic carbocycles. The lowest BCUT2D eigenvalue weighted by atomic mass is 10.1. The maximum absolute atomic E-state index is 5.95. The molecule has 2 unspecified atom stereocenters. The van der Waals surface area contributed by atoms with Crippen molar-refractivity contribution in [2.75, 3.05) is 33.5 Å². The van der Waals surface area contributed by atoms with Gasteiger partial charge in [-0.1, -0.05) is 78.1 Å². The van der Waals surface area contributed by atoms with Gasteiger partial charge in [-0.05, 0) is 24.1 Å². The van der Waals surface area contributed by atoms with Gasteiger partial charge in [-0.3, -0.25) is 0 Å². The average molecular weight is 413 g/mol. The number of unbranched alkanes of at least 4 members (excludes halogenated alkanes) is 10. The molecule has 0 saturated heterocycles. The second kappa shape index (κ2) is 21.9. The van der Waals surface area contributed by atoms with Gasteiger partial charge in [0.2, 0.25) is 0 Å². The van der Waals surface area contributed by atoms with E-state index in [1.54, 1.807) is 7.11 Å². The van der Waals surface area contributed by atoms with Gasteiger partial charge in [0.25, 0.3) is 7.73 Å². The third-order valence-electron chi connectivity index (χ3n) is 4.30. The molecule has 4 nitrogen and oxygen atoms in total. The summed E-state index contributed by atoms with van der Waals surface area (Å²) in [6.07, 6.45) is 15.1. The lowest BCUT2D eigenvalue weighted by molar-refractivity contribution is -0.0384. The van der Waals surface area contributed by atoms with Crippen LogP contribution in [-0.4, -0.2) is 39.6 Å². The Hall–Kier alpha value is 0.560. The lowest BCUT2D eigenvalue weighted by Gasteiger charge is -2.19. The van der Waals surface area contributed by atoms with E-state index in [2.05, 4.69) is 13.8 Å². The van der Waals surface area contributed by atoms with E-state index in [1.165, 1.54) is 64.2 Å². The summed E-state index contributed by atoms with van der Waals surface area (Å²) in [6, 6.07) is 0. The molecule has 0 aromatic rings. The van der Waals surface area contributed by atoms with Crippen molar-refractivity contribution in [1.29, 1.82) is 0 Å². The van der Waals surface area contributed by atoms with E-state index in [1.807, 2.05) is 0 Å². The maximum Gasteiger partial charge on any atom is 0.276 e. The van der Waals surface area contributed by atoms with Gasteiger partial charge in [-0.15, -0.1) is 0 Å². The Labute approximate surface area is 168 Å². The molecule has 158 valence electrons. The summed E-state index contributed by atoms with van der Waals surface area (Å²) in [7, 11) is 0.222. The predicted octanol–water partition coefficient (Wildman–Crippen LogP) is 7.24. The van der Waals surface area contributed by atoms with Crippen molar-refractivity contribution < 1.29 is 18.5 Å². The first-order valence-corrected chi connectivity index (χ1v) is 12.6. The van der Waals surface area contributed by atoms with E-state index in [0.717, 1.165) is 26.1 Å². The highest BCUT2D eigenvalue weighted by Gasteiger charge is 2.13. The van der Waals surface area contributed by atoms with Crippen molar-refractivity contribution in [2.45, 2.75) is 97.0 Å². The summed E-state index contributed by atoms with van der Waals surface area (Å²) >= 11 is 5.91. The monoisotopic (exact) mass is 412 g/mol. The van der Waals surface area contributed by atoms with Crippen LogP contribution in [0.1, 0.15) is 90.9 Å². The van der Waals surface area contributed by atoms with Crippen LogP contribution in [0.15, 0.2) is 0 Å². The molecule has 26 heavy (non-hydrogen) atoms. The van der Waals surface area contributed by atoms with Crippen LogP contribution in [0.25, 0.3) is 0 Å². The molecule has 6 heteroatoms. The standard InChI is InChI=1S/C20H42ClO4P/c1-4-6-8-10-12-14-16-23-18-20(19-25-26(21)22-3)24-17-15-13-11-9-7-5-2/h20H,4-19H2,1-3H3. The van der Waals surface area contributed by atoms with Gasteiger partial charge in [0.05, 0.1) is 13.2 Å². The van der Waals surface area contributed by atoms with Crippen molar-refractivity contribution in [3.8, 4) is 0 Å². The van der Waals surface area contributed by atoms with Gasteiger partial charge < -0.3 is 18.5 Å². The van der Waals surface area contributed by atoms with E-state index in [4.69, 9.17) is 29.8 Å². The third-order valence-corrected chi connectivity index (χ3v) is 5.65. The summed E-state index contributed by atoms with van der Waals surface area (Å²) < 4.78 is 22.2. The molecule has 0 heterocycles. The van der Waals surface area contributed by atoms with Crippen molar-refractivity contribution in [3.63, 3.8) is 0 Å². The molecule has 0 radical (unpaired) electrons. The molecule has 0 aliphatic rings. The van der Waals surface area contributed by atoms with Crippen LogP contribution in [0.2, 0.25) is 0 Å². The highest BCUT2D eigenvalue weighted by Crippen LogP contribution is 2.42. The number of ether oxygens (including phenoxy) is 2. The Kier molecular flexibility index (Phi) is 22.3. The van der Waals surface area contributed by atoms with Gasteiger partial charge in [0, 0.05) is 20.3 Å². The molecule has 0 spiro atoms. The molecule has 0 aromatic heterocycles. The van der Waals surface area contributed by atoms with E-state index in [9.17, 15) is 0 Å². The topological polar surface area (TPSA) is 36.9 Å². The predicted molar refractivity (Wildman–Crippen MR) is 113 cm³/mol. The minimum Gasteiger partial charge on any atom is -0.379 e. The normalized spacial score (nSPS) is 13.8. The van der Waals surface area contributed by atoms with Gasteiger partial charge >= 0.3 is 0 Å². The Bertz CT molecular complexity index is 272. The van der Waals surface area contributed by atoms with Crippen LogP contribution < -0.4 is 0 Å². The fraction of sp³-hybridized carbons (Fsp3) is 1.00. The number of hydrogen-bond donors (Lipinski definition) is 0. The SMILES string of the molecule is CCCCCCCCOCC(COP(Cl)OC)OCCCCCCCC. The molecule has 0 aliphatic carbocycles. The first kappa shape index (κ1) is 26.6. The zero-order valence-electron chi connectivity index (χ0n) is 17.3. The highest BCUT2D eigenvalue weighted by atomic mass is 35.7. The number of halogens is 1. The molecular weight excluding hydrogens is 371 g/mol. The van der Waals surface area contributed by atoms with Gasteiger partial charge in [-0.25, -0.2) is 0 Å². The van der Waals surface area contributed by atoms with E-state index in [0.29, 0.717) is 13.2 Å². The van der Waals surface area contributed by atoms with Crippen LogP contribution in [0.3, 0.4) is 0 Å². The molecule has 0 aliphatic heterocycles. The number of rotatable bonds is 21. The molecule has 0 rings (SSSR count). The summed E-state index contributed by atoms with van der Waals surface area (Å²) in [5, 5.41) is 0. The van der Waals surface area contributed by atoms with E-state index in [-0.39, 0.29) is 6.10 Å². The van der Waals surface area contributed by atoms with Crippen LogP contribution in [0.4, 0.5) is 0 Å². The zero-order chi connectivity index (χ0) is 19.3. The van der Waals surface area contributed by atoms with Crippen molar-refractivity contribution >= 4 is 19.0 Å². The second-order valence-electron chi connectivity index (χ2n) is 6.79. The first-order valence-electron chi connectivity index (χ1n) is 10.6. The van der Waals surface area contributed by atoms with Crippen LogP contribution in [-0.2, 0) is 18.5 Å². The van der Waals surface area contributed by atoms with E-state index >= 15 is 0 Å². The molecule has 0 fully saturated rings. The average Bonchev–Trinajstić information content (AvgIpc) is 2.66. The van der Waals surface area contributed by atoms with Crippen LogP contribution in [0, 0.1) is 0 Å². The van der Waals surface area contributed by atoms with Crippen molar-refractivity contribution in [3.05, 3.63) is 0 Å². The largest absolute Gasteiger partial charge is 0.379 e. The fourth-order valence-corrected chi connectivity index (χ4v) is 3.23. The van der Waals surface area contributed by atoms with Gasteiger partial charge in [0.15, 0.2) is 0 Å². The molecular formula is C20H42ClO4P. The zero-order valence-corrected chi connectivity index (χ0v) is 19.0. The summed E-state index contributed by atoms with van der Waals surface area (Å²) in [6.45, 7) is 7.03. The highest BCUT2D eigenvalue weighted by molar-refractivity contribution is 7.76. The lowest BCUT2D eigenvalue weighted by Crippen LogP contribution is -2.25. The van der Waals surface area contributed by atoms with Gasteiger partial charge in [0.1, 0.15) is 6.10 Å². The Balaban J connectivity index is 3.77. The minimum absolute atomic E-state index is 0.0652. The smallest absolute Gasteiger partial charge is 0.276 e. The summed E-state index contributed by atoms with van der Waals surface area (Å²) in [4.78, 5) is 0. The van der Waals surface area contributed by atoms with Crippen LogP contribution in [0.5, 0.6) is 0 Å². The van der Waals surface area contributed by atoms with Crippen LogP contribution >= 0.6 is 19.0 Å². The second-order valence-corrected chi connectivity index (χ2v) is 8.67.